The molecule has 1 aromatic heterocycles. The van der Waals surface area contributed by atoms with Crippen LogP contribution in [0.1, 0.15) is 30.8 Å². The van der Waals surface area contributed by atoms with Gasteiger partial charge in [0.15, 0.2) is 0 Å². The molecule has 0 bridgehead atoms. The van der Waals surface area contributed by atoms with Crippen molar-refractivity contribution in [3.63, 3.8) is 0 Å². The standard InChI is InChI=1S/C13H21N3O2/c1-3-15-8-10(14)6-11(15)13(18)16-5-4-12(17)9(2)7-16/h6,8-9,12,17H,3-5,7,14H2,1-2H3. The molecule has 3 N–H and O–H groups in total. The minimum atomic E-state index is -0.294. The number of carbonyl (C=O) groups excluding carboxylic acids is 1. The third-order valence-electron chi connectivity index (χ3n) is 3.62. The van der Waals surface area contributed by atoms with Crippen molar-refractivity contribution < 1.29 is 9.90 Å². The van der Waals surface area contributed by atoms with Crippen molar-refractivity contribution in [2.45, 2.75) is 32.9 Å². The van der Waals surface area contributed by atoms with Crippen LogP contribution in [0.2, 0.25) is 0 Å². The molecule has 1 aliphatic heterocycles. The number of aryl methyl sites for hydroxylation is 1. The molecule has 2 unspecified atom stereocenters. The number of nitrogens with zero attached hydrogens (tertiary/aromatic N) is 2. The molecule has 0 aromatic carbocycles. The highest BCUT2D eigenvalue weighted by molar-refractivity contribution is 5.94. The third-order valence-corrected chi connectivity index (χ3v) is 3.62. The fraction of sp³-hybridized carbons (Fsp3) is 0.615. The Bertz CT molecular complexity index is 441. The van der Waals surface area contributed by atoms with E-state index in [1.807, 2.05) is 18.4 Å². The number of nitrogens with two attached hydrogens (primary N) is 1. The van der Waals surface area contributed by atoms with E-state index in [-0.39, 0.29) is 17.9 Å². The van der Waals surface area contributed by atoms with Gasteiger partial charge in [-0.1, -0.05) is 6.92 Å². The number of piperidine rings is 1. The first kappa shape index (κ1) is 13.0. The van der Waals surface area contributed by atoms with E-state index in [9.17, 15) is 9.90 Å². The first-order chi connectivity index (χ1) is 8.52. The van der Waals surface area contributed by atoms with E-state index in [1.54, 1.807) is 17.2 Å². The maximum absolute atomic E-state index is 12.4. The molecule has 2 atom stereocenters. The summed E-state index contributed by atoms with van der Waals surface area (Å²) >= 11 is 0. The van der Waals surface area contributed by atoms with Gasteiger partial charge in [0.25, 0.3) is 5.91 Å². The molecule has 0 radical (unpaired) electrons. The molecule has 2 rings (SSSR count). The van der Waals surface area contributed by atoms with E-state index in [0.717, 1.165) is 6.54 Å². The fourth-order valence-electron chi connectivity index (χ4n) is 2.45. The Morgan fingerprint density at radius 2 is 2.33 bits per heavy atom. The SMILES string of the molecule is CCn1cc(N)cc1C(=O)N1CCC(O)C(C)C1. The highest BCUT2D eigenvalue weighted by atomic mass is 16.3. The van der Waals surface area contributed by atoms with E-state index in [1.165, 1.54) is 0 Å². The number of nitrogen functional groups attached to an aromatic ring is 1. The Kier molecular flexibility index (Phi) is 3.61. The van der Waals surface area contributed by atoms with Gasteiger partial charge < -0.3 is 20.3 Å². The number of aliphatic hydroxyl groups excluding tert-OH is 1. The molecule has 1 aromatic rings. The van der Waals surface area contributed by atoms with E-state index < -0.39 is 0 Å². The quantitative estimate of drug-likeness (QED) is 0.821. The smallest absolute Gasteiger partial charge is 0.270 e. The summed E-state index contributed by atoms with van der Waals surface area (Å²) < 4.78 is 1.87. The molecule has 1 fully saturated rings. The predicted octanol–water partition coefficient (Wildman–Crippen LogP) is 0.933. The molecule has 0 aliphatic carbocycles. The molecule has 5 heteroatoms. The van der Waals surface area contributed by atoms with E-state index in [2.05, 4.69) is 0 Å². The van der Waals surface area contributed by atoms with Crippen molar-refractivity contribution in [1.29, 1.82) is 0 Å². The average molecular weight is 251 g/mol. The lowest BCUT2D eigenvalue weighted by atomic mass is 9.96. The van der Waals surface area contributed by atoms with E-state index >= 15 is 0 Å². The van der Waals surface area contributed by atoms with Crippen LogP contribution >= 0.6 is 0 Å². The summed E-state index contributed by atoms with van der Waals surface area (Å²) in [7, 11) is 0. The van der Waals surface area contributed by atoms with Crippen LogP contribution in [0.5, 0.6) is 0 Å². The average Bonchev–Trinajstić information content (AvgIpc) is 2.73. The van der Waals surface area contributed by atoms with Crippen LogP contribution in [0.4, 0.5) is 5.69 Å². The Labute approximate surface area is 107 Å². The number of anilines is 1. The second-order valence-corrected chi connectivity index (χ2v) is 5.03. The van der Waals surface area contributed by atoms with Gasteiger partial charge >= 0.3 is 0 Å². The van der Waals surface area contributed by atoms with E-state index in [0.29, 0.717) is 30.9 Å². The van der Waals surface area contributed by atoms with Crippen LogP contribution in [0, 0.1) is 5.92 Å². The molecule has 18 heavy (non-hydrogen) atoms. The summed E-state index contributed by atoms with van der Waals surface area (Å²) in [6.07, 6.45) is 2.14. The van der Waals surface area contributed by atoms with Crippen LogP contribution in [-0.4, -0.2) is 39.7 Å². The summed E-state index contributed by atoms with van der Waals surface area (Å²) in [4.78, 5) is 14.2. The summed E-state index contributed by atoms with van der Waals surface area (Å²) in [5.74, 6) is 0.136. The largest absolute Gasteiger partial charge is 0.397 e. The van der Waals surface area contributed by atoms with Gasteiger partial charge in [0.2, 0.25) is 0 Å². The summed E-state index contributed by atoms with van der Waals surface area (Å²) in [5.41, 5.74) is 6.99. The minimum absolute atomic E-state index is 0.00676. The highest BCUT2D eigenvalue weighted by Gasteiger charge is 2.28. The normalized spacial score (nSPS) is 24.3. The van der Waals surface area contributed by atoms with Crippen LogP contribution in [-0.2, 0) is 6.54 Å². The number of carbonyl (C=O) groups is 1. The number of hydrogen-bond donors (Lipinski definition) is 2. The van der Waals surface area contributed by atoms with Gasteiger partial charge in [-0.05, 0) is 25.3 Å². The van der Waals surface area contributed by atoms with Gasteiger partial charge in [-0.2, -0.15) is 0 Å². The zero-order chi connectivity index (χ0) is 13.3. The van der Waals surface area contributed by atoms with Crippen molar-refractivity contribution in [3.8, 4) is 0 Å². The Balaban J connectivity index is 2.16. The Morgan fingerprint density at radius 3 is 2.94 bits per heavy atom. The second-order valence-electron chi connectivity index (χ2n) is 5.03. The summed E-state index contributed by atoms with van der Waals surface area (Å²) in [5, 5.41) is 9.69. The van der Waals surface area contributed by atoms with Crippen LogP contribution < -0.4 is 5.73 Å². The second kappa shape index (κ2) is 5.02. The molecule has 100 valence electrons. The number of aromatic nitrogens is 1. The molecule has 1 amide bonds. The van der Waals surface area contributed by atoms with Gasteiger partial charge in [-0.25, -0.2) is 0 Å². The van der Waals surface area contributed by atoms with Gasteiger partial charge in [0, 0.05) is 25.8 Å². The van der Waals surface area contributed by atoms with Crippen LogP contribution in [0.15, 0.2) is 12.3 Å². The molecule has 5 nitrogen and oxygen atoms in total. The minimum Gasteiger partial charge on any atom is -0.397 e. The summed E-state index contributed by atoms with van der Waals surface area (Å²) in [6, 6.07) is 1.72. The number of likely N-dealkylation sites (tertiary alicyclic amines) is 1. The molecule has 0 spiro atoms. The zero-order valence-corrected chi connectivity index (χ0v) is 11.0. The molecule has 2 heterocycles. The van der Waals surface area contributed by atoms with Gasteiger partial charge in [0.05, 0.1) is 11.8 Å². The van der Waals surface area contributed by atoms with Crippen molar-refractivity contribution in [2.24, 2.45) is 5.92 Å². The predicted molar refractivity (Wildman–Crippen MR) is 70.2 cm³/mol. The van der Waals surface area contributed by atoms with Crippen LogP contribution in [0.25, 0.3) is 0 Å². The lowest BCUT2D eigenvalue weighted by Gasteiger charge is -2.34. The van der Waals surface area contributed by atoms with Crippen LogP contribution in [0.3, 0.4) is 0 Å². The molecular weight excluding hydrogens is 230 g/mol. The van der Waals surface area contributed by atoms with Gasteiger partial charge in [0.1, 0.15) is 5.69 Å². The monoisotopic (exact) mass is 251 g/mol. The number of hydrogen-bond acceptors (Lipinski definition) is 3. The van der Waals surface area contributed by atoms with Crippen molar-refractivity contribution in [2.75, 3.05) is 18.8 Å². The number of aliphatic hydroxyl groups is 1. The summed E-state index contributed by atoms with van der Waals surface area (Å²) in [6.45, 7) is 5.90. The first-order valence-corrected chi connectivity index (χ1v) is 6.46. The number of rotatable bonds is 2. The lowest BCUT2D eigenvalue weighted by molar-refractivity contribution is 0.0291. The van der Waals surface area contributed by atoms with Crippen molar-refractivity contribution in [1.82, 2.24) is 9.47 Å². The van der Waals surface area contributed by atoms with Crippen molar-refractivity contribution in [3.05, 3.63) is 18.0 Å². The molecule has 0 saturated carbocycles. The maximum Gasteiger partial charge on any atom is 0.270 e. The zero-order valence-electron chi connectivity index (χ0n) is 11.0. The number of amides is 1. The molecule has 1 saturated heterocycles. The first-order valence-electron chi connectivity index (χ1n) is 6.46. The lowest BCUT2D eigenvalue weighted by Crippen LogP contribution is -2.45. The topological polar surface area (TPSA) is 71.5 Å². The third kappa shape index (κ3) is 2.36. The maximum atomic E-state index is 12.4. The van der Waals surface area contributed by atoms with E-state index in [4.69, 9.17) is 5.73 Å². The van der Waals surface area contributed by atoms with Gasteiger partial charge in [-0.3, -0.25) is 4.79 Å². The molecule has 1 aliphatic rings. The highest BCUT2D eigenvalue weighted by Crippen LogP contribution is 2.20. The van der Waals surface area contributed by atoms with Crippen molar-refractivity contribution >= 4 is 11.6 Å². The Morgan fingerprint density at radius 1 is 1.61 bits per heavy atom. The molecular formula is C13H21N3O2. The fourth-order valence-corrected chi connectivity index (χ4v) is 2.45. The van der Waals surface area contributed by atoms with Gasteiger partial charge in [-0.15, -0.1) is 0 Å². The Hall–Kier alpha value is -1.49.